The molecule has 0 heterocycles. The molecule has 0 radical (unpaired) electrons. The van der Waals surface area contributed by atoms with E-state index in [9.17, 15) is 9.59 Å². The molecule has 0 bridgehead atoms. The number of methoxy groups -OCH3 is 1. The van der Waals surface area contributed by atoms with Crippen molar-refractivity contribution >= 4 is 11.9 Å². The Hall–Kier alpha value is -2.10. The number of nitrogens with zero attached hydrogens (tertiary/aromatic N) is 1. The van der Waals surface area contributed by atoms with Gasteiger partial charge in [0, 0.05) is 25.4 Å². The van der Waals surface area contributed by atoms with Crippen LogP contribution in [0.5, 0.6) is 0 Å². The van der Waals surface area contributed by atoms with E-state index in [1.165, 1.54) is 60.3 Å². The standard InChI is InChI=1S/C19H27NO3/c1-15-9-8-13-19(2,3)16(15)12-14-20(4)17(21)10-6-7-11-18(22)23-5/h6-7,10-12,14H,8-9,13H2,1-5H3/b10-6+,11-7+,14-12+. The summed E-state index contributed by atoms with van der Waals surface area (Å²) < 4.78 is 4.47. The number of esters is 1. The fourth-order valence-corrected chi connectivity index (χ4v) is 2.73. The molecule has 1 amide bonds. The average Bonchev–Trinajstić information content (AvgIpc) is 2.49. The Morgan fingerprint density at radius 2 is 1.87 bits per heavy atom. The topological polar surface area (TPSA) is 46.6 Å². The summed E-state index contributed by atoms with van der Waals surface area (Å²) in [5.74, 6) is -0.597. The maximum absolute atomic E-state index is 12.0. The minimum absolute atomic E-state index is 0.150. The first-order valence-electron chi connectivity index (χ1n) is 7.86. The number of allylic oxidation sites excluding steroid dienone is 5. The minimum Gasteiger partial charge on any atom is -0.466 e. The molecule has 0 atom stereocenters. The van der Waals surface area contributed by atoms with Gasteiger partial charge in [-0.2, -0.15) is 0 Å². The Bertz CT molecular complexity index is 565. The van der Waals surface area contributed by atoms with Gasteiger partial charge in [0.15, 0.2) is 0 Å². The van der Waals surface area contributed by atoms with Crippen molar-refractivity contribution in [3.8, 4) is 0 Å². The van der Waals surface area contributed by atoms with E-state index in [1.54, 1.807) is 7.05 Å². The van der Waals surface area contributed by atoms with E-state index in [0.29, 0.717) is 0 Å². The van der Waals surface area contributed by atoms with Gasteiger partial charge in [0.05, 0.1) is 7.11 Å². The van der Waals surface area contributed by atoms with Crippen LogP contribution in [-0.2, 0) is 14.3 Å². The molecular weight excluding hydrogens is 290 g/mol. The lowest BCUT2D eigenvalue weighted by molar-refractivity contribution is -0.134. The second-order valence-electron chi connectivity index (χ2n) is 6.44. The van der Waals surface area contributed by atoms with E-state index in [1.807, 2.05) is 12.3 Å². The normalized spacial score (nSPS) is 18.1. The maximum atomic E-state index is 12.0. The molecule has 0 N–H and O–H groups in total. The lowest BCUT2D eigenvalue weighted by atomic mass is 9.73. The SMILES string of the molecule is COC(=O)/C=C/C=C/C(=O)N(C)/C=C/C1=C(C)CCCC1(C)C. The summed E-state index contributed by atoms with van der Waals surface area (Å²) in [4.78, 5) is 24.4. The Labute approximate surface area is 139 Å². The molecule has 126 valence electrons. The molecule has 0 fully saturated rings. The van der Waals surface area contributed by atoms with Crippen LogP contribution in [0.3, 0.4) is 0 Å². The third-order valence-corrected chi connectivity index (χ3v) is 4.14. The molecular formula is C19H27NO3. The number of amides is 1. The number of carbonyl (C=O) groups is 2. The van der Waals surface area contributed by atoms with E-state index in [0.717, 1.165) is 6.42 Å². The second kappa shape index (κ2) is 8.51. The molecule has 0 aromatic carbocycles. The first kappa shape index (κ1) is 18.9. The summed E-state index contributed by atoms with van der Waals surface area (Å²) in [6.07, 6.45) is 13.1. The van der Waals surface area contributed by atoms with Crippen LogP contribution < -0.4 is 0 Å². The third kappa shape index (κ3) is 5.89. The van der Waals surface area contributed by atoms with Crippen LogP contribution in [-0.4, -0.2) is 30.9 Å². The minimum atomic E-state index is -0.447. The molecule has 0 aromatic heterocycles. The molecule has 4 nitrogen and oxygen atoms in total. The summed E-state index contributed by atoms with van der Waals surface area (Å²) in [6, 6.07) is 0. The molecule has 0 aliphatic heterocycles. The predicted molar refractivity (Wildman–Crippen MR) is 92.5 cm³/mol. The molecule has 4 heteroatoms. The molecule has 1 rings (SSSR count). The van der Waals surface area contributed by atoms with Crippen molar-refractivity contribution in [2.75, 3.05) is 14.2 Å². The number of hydrogen-bond donors (Lipinski definition) is 0. The zero-order chi connectivity index (χ0) is 17.5. The maximum Gasteiger partial charge on any atom is 0.330 e. The van der Waals surface area contributed by atoms with Crippen LogP contribution in [0, 0.1) is 5.41 Å². The van der Waals surface area contributed by atoms with Crippen LogP contribution in [0.1, 0.15) is 40.0 Å². The Balaban J connectivity index is 2.69. The van der Waals surface area contributed by atoms with Crippen molar-refractivity contribution in [1.29, 1.82) is 0 Å². The van der Waals surface area contributed by atoms with Crippen LogP contribution in [0.25, 0.3) is 0 Å². The summed E-state index contributed by atoms with van der Waals surface area (Å²) in [5, 5.41) is 0. The van der Waals surface area contributed by atoms with Crippen molar-refractivity contribution in [3.63, 3.8) is 0 Å². The quantitative estimate of drug-likeness (QED) is 0.440. The molecule has 0 unspecified atom stereocenters. The predicted octanol–water partition coefficient (Wildman–Crippen LogP) is 3.77. The third-order valence-electron chi connectivity index (χ3n) is 4.14. The first-order chi connectivity index (χ1) is 10.8. The van der Waals surface area contributed by atoms with Crippen molar-refractivity contribution in [2.45, 2.75) is 40.0 Å². The van der Waals surface area contributed by atoms with Crippen molar-refractivity contribution < 1.29 is 14.3 Å². The van der Waals surface area contributed by atoms with Crippen LogP contribution in [0.15, 0.2) is 47.7 Å². The number of ether oxygens (including phenoxy) is 1. The van der Waals surface area contributed by atoms with Gasteiger partial charge in [-0.1, -0.05) is 31.6 Å². The molecule has 1 aliphatic carbocycles. The molecule has 23 heavy (non-hydrogen) atoms. The van der Waals surface area contributed by atoms with Crippen molar-refractivity contribution in [2.24, 2.45) is 5.41 Å². The van der Waals surface area contributed by atoms with Gasteiger partial charge in [-0.15, -0.1) is 0 Å². The lowest BCUT2D eigenvalue weighted by Gasteiger charge is -2.33. The highest BCUT2D eigenvalue weighted by molar-refractivity contribution is 5.89. The molecule has 0 saturated heterocycles. The number of likely N-dealkylation sites (N-methyl/N-ethyl adjacent to an activating group) is 1. The number of hydrogen-bond acceptors (Lipinski definition) is 3. The Morgan fingerprint density at radius 1 is 1.22 bits per heavy atom. The van der Waals surface area contributed by atoms with E-state index >= 15 is 0 Å². The number of carbonyl (C=O) groups excluding carboxylic acids is 2. The summed E-state index contributed by atoms with van der Waals surface area (Å²) in [6.45, 7) is 6.66. The largest absolute Gasteiger partial charge is 0.466 e. The lowest BCUT2D eigenvalue weighted by Crippen LogP contribution is -2.21. The summed E-state index contributed by atoms with van der Waals surface area (Å²) in [5.41, 5.74) is 2.87. The average molecular weight is 317 g/mol. The van der Waals surface area contributed by atoms with E-state index in [2.05, 4.69) is 25.5 Å². The second-order valence-corrected chi connectivity index (χ2v) is 6.44. The van der Waals surface area contributed by atoms with Crippen LogP contribution in [0.2, 0.25) is 0 Å². The monoisotopic (exact) mass is 317 g/mol. The van der Waals surface area contributed by atoms with Crippen molar-refractivity contribution in [3.05, 3.63) is 47.7 Å². The zero-order valence-corrected chi connectivity index (χ0v) is 14.8. The highest BCUT2D eigenvalue weighted by atomic mass is 16.5. The fraction of sp³-hybridized carbons (Fsp3) is 0.474. The van der Waals surface area contributed by atoms with E-state index in [4.69, 9.17) is 0 Å². The first-order valence-corrected chi connectivity index (χ1v) is 7.86. The summed E-state index contributed by atoms with van der Waals surface area (Å²) >= 11 is 0. The highest BCUT2D eigenvalue weighted by Crippen LogP contribution is 2.40. The summed E-state index contributed by atoms with van der Waals surface area (Å²) in [7, 11) is 3.03. The van der Waals surface area contributed by atoms with Gasteiger partial charge in [0.2, 0.25) is 5.91 Å². The zero-order valence-electron chi connectivity index (χ0n) is 14.8. The van der Waals surface area contributed by atoms with Crippen LogP contribution in [0.4, 0.5) is 0 Å². The van der Waals surface area contributed by atoms with E-state index in [-0.39, 0.29) is 11.3 Å². The smallest absolute Gasteiger partial charge is 0.330 e. The van der Waals surface area contributed by atoms with Crippen LogP contribution >= 0.6 is 0 Å². The molecule has 0 spiro atoms. The van der Waals surface area contributed by atoms with Gasteiger partial charge >= 0.3 is 5.97 Å². The van der Waals surface area contributed by atoms with Gasteiger partial charge < -0.3 is 9.64 Å². The Kier molecular flexibility index (Phi) is 7.01. The van der Waals surface area contributed by atoms with Gasteiger partial charge in [0.25, 0.3) is 0 Å². The molecule has 0 saturated carbocycles. The fourth-order valence-electron chi connectivity index (χ4n) is 2.73. The van der Waals surface area contributed by atoms with Gasteiger partial charge in [-0.25, -0.2) is 4.79 Å². The van der Waals surface area contributed by atoms with Gasteiger partial charge in [-0.05, 0) is 43.3 Å². The van der Waals surface area contributed by atoms with Crippen molar-refractivity contribution in [1.82, 2.24) is 4.90 Å². The van der Waals surface area contributed by atoms with Gasteiger partial charge in [-0.3, -0.25) is 4.79 Å². The molecule has 1 aliphatic rings. The van der Waals surface area contributed by atoms with Gasteiger partial charge in [0.1, 0.15) is 0 Å². The number of rotatable bonds is 5. The van der Waals surface area contributed by atoms with E-state index < -0.39 is 5.97 Å². The Morgan fingerprint density at radius 3 is 2.48 bits per heavy atom. The molecule has 0 aromatic rings. The highest BCUT2D eigenvalue weighted by Gasteiger charge is 2.26.